The predicted octanol–water partition coefficient (Wildman–Crippen LogP) is 5.18. The average Bonchev–Trinajstić information content (AvgIpc) is 3.00. The molecule has 0 radical (unpaired) electrons. The molecule has 2 rings (SSSR count). The number of nitrogens with zero attached hydrogens (tertiary/aromatic N) is 1. The van der Waals surface area contributed by atoms with Gasteiger partial charge in [0, 0.05) is 14.7 Å². The Morgan fingerprint density at radius 1 is 1.37 bits per heavy atom. The molecule has 0 saturated carbocycles. The summed E-state index contributed by atoms with van der Waals surface area (Å²) < 4.78 is 1.17. The van der Waals surface area contributed by atoms with E-state index in [2.05, 4.69) is 58.8 Å². The molecule has 0 aliphatic heterocycles. The number of nitrogens with one attached hydrogen (secondary N) is 1. The van der Waals surface area contributed by atoms with Crippen LogP contribution in [0.5, 0.6) is 0 Å². The van der Waals surface area contributed by atoms with Crippen molar-refractivity contribution in [1.82, 2.24) is 10.3 Å². The van der Waals surface area contributed by atoms with Crippen molar-refractivity contribution in [2.75, 3.05) is 6.54 Å². The lowest BCUT2D eigenvalue weighted by Crippen LogP contribution is -2.22. The van der Waals surface area contributed by atoms with Gasteiger partial charge in [-0.25, -0.2) is 4.98 Å². The summed E-state index contributed by atoms with van der Waals surface area (Å²) in [6, 6.07) is 2.32. The monoisotopic (exact) mass is 358 g/mol. The van der Waals surface area contributed by atoms with Crippen LogP contribution in [0.1, 0.15) is 54.7 Å². The Balaban J connectivity index is 2.29. The summed E-state index contributed by atoms with van der Waals surface area (Å²) in [6.07, 6.45) is 1.13. The fourth-order valence-electron chi connectivity index (χ4n) is 1.79. The van der Waals surface area contributed by atoms with Gasteiger partial charge >= 0.3 is 0 Å². The van der Waals surface area contributed by atoms with Gasteiger partial charge in [0.05, 0.1) is 11.7 Å². The second-order valence-corrected chi connectivity index (χ2v) is 7.48. The van der Waals surface area contributed by atoms with E-state index in [1.165, 1.54) is 20.1 Å². The van der Waals surface area contributed by atoms with Gasteiger partial charge in [-0.05, 0) is 46.3 Å². The lowest BCUT2D eigenvalue weighted by atomic mass is 10.1. The Morgan fingerprint density at radius 3 is 2.68 bits per heavy atom. The van der Waals surface area contributed by atoms with Gasteiger partial charge in [0.2, 0.25) is 0 Å². The summed E-state index contributed by atoms with van der Waals surface area (Å²) in [5, 5.41) is 9.08. The van der Waals surface area contributed by atoms with E-state index < -0.39 is 0 Å². The summed E-state index contributed by atoms with van der Waals surface area (Å²) in [5.74, 6) is 0.489. The maximum atomic E-state index is 4.80. The van der Waals surface area contributed by atoms with E-state index in [0.717, 1.165) is 13.0 Å². The smallest absolute Gasteiger partial charge is 0.115 e. The number of aromatic nitrogens is 1. The van der Waals surface area contributed by atoms with Crippen LogP contribution in [0.4, 0.5) is 0 Å². The van der Waals surface area contributed by atoms with Crippen LogP contribution in [0, 0.1) is 0 Å². The predicted molar refractivity (Wildman–Crippen MR) is 88.4 cm³/mol. The maximum Gasteiger partial charge on any atom is 0.115 e. The van der Waals surface area contributed by atoms with Crippen LogP contribution in [0.2, 0.25) is 0 Å². The minimum absolute atomic E-state index is 0.215. The molecule has 2 aromatic heterocycles. The third-order valence-corrected chi connectivity index (χ3v) is 5.75. The molecule has 2 aromatic rings. The lowest BCUT2D eigenvalue weighted by Gasteiger charge is -2.15. The molecule has 0 bridgehead atoms. The number of halogens is 1. The van der Waals surface area contributed by atoms with Crippen molar-refractivity contribution >= 4 is 38.6 Å². The van der Waals surface area contributed by atoms with Crippen molar-refractivity contribution < 1.29 is 0 Å². The zero-order chi connectivity index (χ0) is 13.8. The molecule has 19 heavy (non-hydrogen) atoms. The van der Waals surface area contributed by atoms with E-state index in [4.69, 9.17) is 4.98 Å². The zero-order valence-electron chi connectivity index (χ0n) is 11.4. The van der Waals surface area contributed by atoms with Crippen molar-refractivity contribution in [3.63, 3.8) is 0 Å². The number of hydrogen-bond acceptors (Lipinski definition) is 4. The molecule has 5 heteroatoms. The molecule has 2 nitrogen and oxygen atoms in total. The van der Waals surface area contributed by atoms with Crippen LogP contribution in [0.15, 0.2) is 21.3 Å². The Kier molecular flexibility index (Phi) is 5.57. The zero-order valence-corrected chi connectivity index (χ0v) is 14.7. The van der Waals surface area contributed by atoms with Crippen molar-refractivity contribution in [3.05, 3.63) is 36.9 Å². The largest absolute Gasteiger partial charge is 0.304 e. The first kappa shape index (κ1) is 15.2. The first-order valence-electron chi connectivity index (χ1n) is 6.55. The summed E-state index contributed by atoms with van der Waals surface area (Å²) in [4.78, 5) is 6.12. The van der Waals surface area contributed by atoms with E-state index in [1.54, 1.807) is 22.7 Å². The standard InChI is InChI=1S/C14H19BrN2S2/c1-4-6-16-12(13-10(15)5-7-18-13)14-17-11(8-19-14)9(2)3/h5,7-9,12,16H,4,6H2,1-3H3. The summed E-state index contributed by atoms with van der Waals surface area (Å²) in [6.45, 7) is 7.57. The van der Waals surface area contributed by atoms with Crippen molar-refractivity contribution in [2.24, 2.45) is 0 Å². The normalized spacial score (nSPS) is 13.1. The fourth-order valence-corrected chi connectivity index (χ4v) is 4.61. The van der Waals surface area contributed by atoms with E-state index in [0.29, 0.717) is 5.92 Å². The molecule has 0 saturated heterocycles. The van der Waals surface area contributed by atoms with Crippen LogP contribution < -0.4 is 5.32 Å². The van der Waals surface area contributed by atoms with Gasteiger partial charge in [0.1, 0.15) is 5.01 Å². The summed E-state index contributed by atoms with van der Waals surface area (Å²) in [7, 11) is 0. The second kappa shape index (κ2) is 6.97. The van der Waals surface area contributed by atoms with Crippen molar-refractivity contribution in [1.29, 1.82) is 0 Å². The quantitative estimate of drug-likeness (QED) is 0.769. The van der Waals surface area contributed by atoms with Gasteiger partial charge < -0.3 is 5.32 Å². The summed E-state index contributed by atoms with van der Waals surface area (Å²) in [5.41, 5.74) is 1.19. The van der Waals surface area contributed by atoms with E-state index in [-0.39, 0.29) is 6.04 Å². The Morgan fingerprint density at radius 2 is 2.16 bits per heavy atom. The average molecular weight is 359 g/mol. The van der Waals surface area contributed by atoms with Crippen molar-refractivity contribution in [3.8, 4) is 0 Å². The molecule has 0 fully saturated rings. The highest BCUT2D eigenvalue weighted by Gasteiger charge is 2.21. The van der Waals surface area contributed by atoms with Crippen LogP contribution in [-0.4, -0.2) is 11.5 Å². The minimum atomic E-state index is 0.215. The number of rotatable bonds is 6. The highest BCUT2D eigenvalue weighted by Crippen LogP contribution is 2.35. The molecule has 0 amide bonds. The molecular weight excluding hydrogens is 340 g/mol. The molecule has 2 heterocycles. The van der Waals surface area contributed by atoms with Gasteiger partial charge in [-0.1, -0.05) is 20.8 Å². The topological polar surface area (TPSA) is 24.9 Å². The molecule has 1 unspecified atom stereocenters. The molecule has 1 N–H and O–H groups in total. The SMILES string of the molecule is CCCNC(c1nc(C(C)C)cs1)c1sccc1Br. The molecule has 0 spiro atoms. The molecule has 104 valence electrons. The minimum Gasteiger partial charge on any atom is -0.304 e. The van der Waals surface area contributed by atoms with Gasteiger partial charge in [0.25, 0.3) is 0 Å². The van der Waals surface area contributed by atoms with Gasteiger partial charge in [0.15, 0.2) is 0 Å². The number of thiazole rings is 1. The Bertz CT molecular complexity index is 519. The molecule has 1 atom stereocenters. The highest BCUT2D eigenvalue weighted by molar-refractivity contribution is 9.10. The first-order chi connectivity index (χ1) is 9.13. The van der Waals surface area contributed by atoms with Crippen molar-refractivity contribution in [2.45, 2.75) is 39.2 Å². The van der Waals surface area contributed by atoms with Gasteiger partial charge in [-0.2, -0.15) is 0 Å². The maximum absolute atomic E-state index is 4.80. The third kappa shape index (κ3) is 3.66. The summed E-state index contributed by atoms with van der Waals surface area (Å²) >= 11 is 7.17. The highest BCUT2D eigenvalue weighted by atomic mass is 79.9. The van der Waals surface area contributed by atoms with Crippen LogP contribution in [-0.2, 0) is 0 Å². The van der Waals surface area contributed by atoms with Crippen LogP contribution in [0.25, 0.3) is 0 Å². The molecule has 0 aliphatic carbocycles. The third-order valence-electron chi connectivity index (χ3n) is 2.88. The number of hydrogen-bond donors (Lipinski definition) is 1. The Labute approximate surface area is 131 Å². The molecule has 0 aromatic carbocycles. The fraction of sp³-hybridized carbons (Fsp3) is 0.500. The first-order valence-corrected chi connectivity index (χ1v) is 9.10. The van der Waals surface area contributed by atoms with E-state index in [1.807, 2.05) is 0 Å². The van der Waals surface area contributed by atoms with E-state index >= 15 is 0 Å². The second-order valence-electron chi connectivity index (χ2n) is 4.79. The van der Waals surface area contributed by atoms with Crippen LogP contribution >= 0.6 is 38.6 Å². The van der Waals surface area contributed by atoms with Gasteiger partial charge in [-0.3, -0.25) is 0 Å². The lowest BCUT2D eigenvalue weighted by molar-refractivity contribution is 0.599. The number of thiophene rings is 1. The van der Waals surface area contributed by atoms with Crippen LogP contribution in [0.3, 0.4) is 0 Å². The molecule has 0 aliphatic rings. The molecular formula is C14H19BrN2S2. The van der Waals surface area contributed by atoms with E-state index in [9.17, 15) is 0 Å². The van der Waals surface area contributed by atoms with Gasteiger partial charge in [-0.15, -0.1) is 22.7 Å². The Hall–Kier alpha value is -0.230.